The van der Waals surface area contributed by atoms with E-state index in [1.165, 1.54) is 6.07 Å². The SMILES string of the molecule is CC.CCCNC(=O)c1cc(C(F)(F)F)[nH]n1.Cc1ccccc1F. The number of H-pyrrole nitrogens is 1. The monoisotopic (exact) mass is 361 g/mol. The fraction of sp³-hybridized carbons (Fsp3) is 0.412. The van der Waals surface area contributed by atoms with Gasteiger partial charge in [-0.05, 0) is 25.0 Å². The number of hydrogen-bond donors (Lipinski definition) is 2. The highest BCUT2D eigenvalue weighted by atomic mass is 19.4. The van der Waals surface area contributed by atoms with Crippen molar-refractivity contribution in [2.24, 2.45) is 0 Å². The van der Waals surface area contributed by atoms with Gasteiger partial charge in [0.25, 0.3) is 5.91 Å². The van der Waals surface area contributed by atoms with Crippen LogP contribution in [0.4, 0.5) is 17.6 Å². The van der Waals surface area contributed by atoms with E-state index in [1.807, 2.05) is 26.8 Å². The molecule has 0 saturated heterocycles. The molecule has 0 radical (unpaired) electrons. The molecule has 140 valence electrons. The first kappa shape index (κ1) is 22.6. The lowest BCUT2D eigenvalue weighted by Crippen LogP contribution is -2.24. The van der Waals surface area contributed by atoms with E-state index < -0.39 is 17.8 Å². The quantitative estimate of drug-likeness (QED) is 0.777. The summed E-state index contributed by atoms with van der Waals surface area (Å²) in [5.74, 6) is -0.740. The number of aromatic amines is 1. The number of nitrogens with one attached hydrogen (secondary N) is 2. The highest BCUT2D eigenvalue weighted by Gasteiger charge is 2.33. The number of amides is 1. The Balaban J connectivity index is 0.000000483. The predicted octanol–water partition coefficient (Wildman–Crippen LogP) is 4.73. The van der Waals surface area contributed by atoms with Gasteiger partial charge in [-0.15, -0.1) is 0 Å². The molecule has 0 atom stereocenters. The number of aryl methyl sites for hydroxylation is 1. The van der Waals surface area contributed by atoms with Crippen LogP contribution in [0.1, 0.15) is 48.9 Å². The van der Waals surface area contributed by atoms with Crippen molar-refractivity contribution in [1.29, 1.82) is 0 Å². The molecule has 0 aliphatic rings. The van der Waals surface area contributed by atoms with E-state index in [9.17, 15) is 22.4 Å². The third kappa shape index (κ3) is 8.32. The van der Waals surface area contributed by atoms with E-state index in [0.29, 0.717) is 24.6 Å². The first-order valence-corrected chi connectivity index (χ1v) is 7.87. The molecule has 2 N–H and O–H groups in total. The Bertz CT molecular complexity index is 618. The summed E-state index contributed by atoms with van der Waals surface area (Å²) in [6.45, 7) is 7.99. The van der Waals surface area contributed by atoms with Gasteiger partial charge in [-0.25, -0.2) is 4.39 Å². The standard InChI is InChI=1S/C8H10F3N3O.C7H7F.C2H6/c1-2-3-12-7(15)5-4-6(14-13-5)8(9,10)11;1-6-4-2-3-5-7(6)8;1-2/h4H,2-3H2,1H3,(H,12,15)(H,13,14);2-5H,1H3;1-2H3. The molecule has 2 aromatic rings. The highest BCUT2D eigenvalue weighted by Crippen LogP contribution is 2.27. The lowest BCUT2D eigenvalue weighted by molar-refractivity contribution is -0.141. The Labute approximate surface area is 144 Å². The van der Waals surface area contributed by atoms with Crippen molar-refractivity contribution in [3.05, 3.63) is 53.1 Å². The minimum absolute atomic E-state index is 0.132. The molecule has 2 rings (SSSR count). The number of carbonyl (C=O) groups is 1. The summed E-state index contributed by atoms with van der Waals surface area (Å²) in [5.41, 5.74) is -0.576. The molecule has 8 heteroatoms. The van der Waals surface area contributed by atoms with Crippen LogP contribution < -0.4 is 5.32 Å². The number of hydrogen-bond acceptors (Lipinski definition) is 2. The topological polar surface area (TPSA) is 57.8 Å². The van der Waals surface area contributed by atoms with Crippen LogP contribution in [0.5, 0.6) is 0 Å². The molecule has 4 nitrogen and oxygen atoms in total. The van der Waals surface area contributed by atoms with Gasteiger partial charge in [0.05, 0.1) is 0 Å². The normalized spacial score (nSPS) is 10.1. The average Bonchev–Trinajstić information content (AvgIpc) is 3.08. The molecule has 0 spiro atoms. The summed E-state index contributed by atoms with van der Waals surface area (Å²) in [6.07, 6.45) is -3.79. The number of benzene rings is 1. The summed E-state index contributed by atoms with van der Waals surface area (Å²) in [6, 6.07) is 7.39. The molecule has 25 heavy (non-hydrogen) atoms. The van der Waals surface area contributed by atoms with E-state index in [4.69, 9.17) is 0 Å². The molecule has 0 unspecified atom stereocenters. The lowest BCUT2D eigenvalue weighted by Gasteiger charge is -2.00. The fourth-order valence-electron chi connectivity index (χ4n) is 1.46. The lowest BCUT2D eigenvalue weighted by atomic mass is 10.2. The maximum absolute atomic E-state index is 12.3. The Hall–Kier alpha value is -2.38. The summed E-state index contributed by atoms with van der Waals surface area (Å²) >= 11 is 0. The fourth-order valence-corrected chi connectivity index (χ4v) is 1.46. The van der Waals surface area contributed by atoms with Crippen LogP contribution in [0, 0.1) is 12.7 Å². The van der Waals surface area contributed by atoms with E-state index >= 15 is 0 Å². The summed E-state index contributed by atoms with van der Waals surface area (Å²) < 4.78 is 48.7. The first-order chi connectivity index (χ1) is 11.8. The average molecular weight is 361 g/mol. The largest absolute Gasteiger partial charge is 0.432 e. The smallest absolute Gasteiger partial charge is 0.351 e. The van der Waals surface area contributed by atoms with Gasteiger partial charge < -0.3 is 5.32 Å². The molecular formula is C17H23F4N3O. The number of alkyl halides is 3. The van der Waals surface area contributed by atoms with E-state index in [2.05, 4.69) is 10.4 Å². The number of aromatic nitrogens is 2. The Morgan fingerprint density at radius 3 is 2.24 bits per heavy atom. The summed E-state index contributed by atoms with van der Waals surface area (Å²) in [7, 11) is 0. The third-order valence-electron chi connectivity index (χ3n) is 2.73. The number of nitrogens with zero attached hydrogens (tertiary/aromatic N) is 1. The van der Waals surface area contributed by atoms with Gasteiger partial charge in [0, 0.05) is 12.6 Å². The molecule has 0 aliphatic carbocycles. The van der Waals surface area contributed by atoms with Crippen LogP contribution in [0.2, 0.25) is 0 Å². The summed E-state index contributed by atoms with van der Waals surface area (Å²) in [5, 5.41) is 7.47. The van der Waals surface area contributed by atoms with Gasteiger partial charge in [-0.1, -0.05) is 39.0 Å². The van der Waals surface area contributed by atoms with Gasteiger partial charge in [0.15, 0.2) is 5.69 Å². The number of halogens is 4. The molecule has 0 aliphatic heterocycles. The minimum atomic E-state index is -4.50. The molecule has 1 amide bonds. The van der Waals surface area contributed by atoms with Crippen molar-refractivity contribution in [1.82, 2.24) is 15.5 Å². The molecule has 1 aromatic carbocycles. The number of carbonyl (C=O) groups excluding carboxylic acids is 1. The van der Waals surface area contributed by atoms with Crippen molar-refractivity contribution >= 4 is 5.91 Å². The second-order valence-corrected chi connectivity index (χ2v) is 4.67. The zero-order valence-corrected chi connectivity index (χ0v) is 14.7. The zero-order chi connectivity index (χ0) is 19.5. The van der Waals surface area contributed by atoms with E-state index in [1.54, 1.807) is 24.2 Å². The molecule has 1 heterocycles. The molecule has 0 fully saturated rings. The third-order valence-corrected chi connectivity index (χ3v) is 2.73. The van der Waals surface area contributed by atoms with E-state index in [-0.39, 0.29) is 11.5 Å². The van der Waals surface area contributed by atoms with Crippen LogP contribution in [-0.2, 0) is 6.18 Å². The van der Waals surface area contributed by atoms with Gasteiger partial charge in [0.2, 0.25) is 0 Å². The van der Waals surface area contributed by atoms with E-state index in [0.717, 1.165) is 0 Å². The van der Waals surface area contributed by atoms with Crippen LogP contribution in [-0.4, -0.2) is 22.6 Å². The summed E-state index contributed by atoms with van der Waals surface area (Å²) in [4.78, 5) is 11.2. The van der Waals surface area contributed by atoms with Crippen LogP contribution in [0.25, 0.3) is 0 Å². The van der Waals surface area contributed by atoms with Crippen molar-refractivity contribution < 1.29 is 22.4 Å². The maximum atomic E-state index is 12.3. The van der Waals surface area contributed by atoms with Gasteiger partial charge >= 0.3 is 6.18 Å². The van der Waals surface area contributed by atoms with Crippen LogP contribution >= 0.6 is 0 Å². The number of rotatable bonds is 3. The van der Waals surface area contributed by atoms with Gasteiger partial charge in [-0.3, -0.25) is 9.89 Å². The second-order valence-electron chi connectivity index (χ2n) is 4.67. The van der Waals surface area contributed by atoms with Crippen molar-refractivity contribution in [3.63, 3.8) is 0 Å². The Morgan fingerprint density at radius 2 is 1.84 bits per heavy atom. The van der Waals surface area contributed by atoms with Crippen LogP contribution in [0.3, 0.4) is 0 Å². The molecule has 0 bridgehead atoms. The van der Waals surface area contributed by atoms with Crippen molar-refractivity contribution in [2.75, 3.05) is 6.54 Å². The molecular weight excluding hydrogens is 338 g/mol. The van der Waals surface area contributed by atoms with Crippen molar-refractivity contribution in [3.8, 4) is 0 Å². The highest BCUT2D eigenvalue weighted by molar-refractivity contribution is 5.92. The van der Waals surface area contributed by atoms with Crippen LogP contribution in [0.15, 0.2) is 30.3 Å². The molecule has 0 saturated carbocycles. The molecule has 1 aromatic heterocycles. The Morgan fingerprint density at radius 1 is 1.24 bits per heavy atom. The minimum Gasteiger partial charge on any atom is -0.351 e. The first-order valence-electron chi connectivity index (χ1n) is 7.87. The van der Waals surface area contributed by atoms with Crippen molar-refractivity contribution in [2.45, 2.75) is 40.3 Å². The maximum Gasteiger partial charge on any atom is 0.432 e. The second kappa shape index (κ2) is 11.2. The predicted molar refractivity (Wildman–Crippen MR) is 88.7 cm³/mol. The Kier molecular flexibility index (Phi) is 10.2. The van der Waals surface area contributed by atoms with Gasteiger partial charge in [-0.2, -0.15) is 18.3 Å². The van der Waals surface area contributed by atoms with Gasteiger partial charge in [0.1, 0.15) is 11.5 Å². The zero-order valence-electron chi connectivity index (χ0n) is 14.7.